The van der Waals surface area contributed by atoms with Crippen molar-refractivity contribution in [2.75, 3.05) is 32.5 Å². The average Bonchev–Trinajstić information content (AvgIpc) is 2.56. The van der Waals surface area contributed by atoms with Crippen LogP contribution in [0.4, 0.5) is 10.1 Å². The molecule has 9 heteroatoms. The maximum absolute atomic E-state index is 13.4. The number of methoxy groups -OCH3 is 2. The Morgan fingerprint density at radius 1 is 1.30 bits per heavy atom. The summed E-state index contributed by atoms with van der Waals surface area (Å²) in [7, 11) is 2.28. The van der Waals surface area contributed by atoms with Gasteiger partial charge in [-0.15, -0.1) is 0 Å². The molecule has 0 bridgehead atoms. The Morgan fingerprint density at radius 3 is 2.57 bits per heavy atom. The Bertz CT molecular complexity index is 690. The Labute approximate surface area is 135 Å². The number of rotatable bonds is 3. The minimum absolute atomic E-state index is 0.0158. The normalized spacial score (nSPS) is 14.7. The van der Waals surface area contributed by atoms with Gasteiger partial charge in [-0.25, -0.2) is 14.0 Å². The van der Waals surface area contributed by atoms with Crippen LogP contribution in [0.15, 0.2) is 23.4 Å². The molecule has 7 nitrogen and oxygen atoms in total. The molecule has 0 amide bonds. The third-order valence-corrected chi connectivity index (χ3v) is 3.43. The Kier molecular flexibility index (Phi) is 5.07. The topological polar surface area (TPSA) is 85.3 Å². The highest BCUT2D eigenvalue weighted by molar-refractivity contribution is 6.31. The van der Waals surface area contributed by atoms with E-state index in [1.165, 1.54) is 0 Å². The van der Waals surface area contributed by atoms with Crippen LogP contribution in [0.3, 0.4) is 0 Å². The second kappa shape index (κ2) is 6.84. The van der Waals surface area contributed by atoms with Crippen molar-refractivity contribution in [1.29, 1.82) is 0 Å². The van der Waals surface area contributed by atoms with E-state index in [4.69, 9.17) is 16.3 Å². The molecule has 0 spiro atoms. The molecule has 0 saturated heterocycles. The molecular weight excluding hydrogens is 333 g/mol. The molecule has 0 fully saturated rings. The number of ether oxygens (including phenoxy) is 3. The van der Waals surface area contributed by atoms with Crippen molar-refractivity contribution in [2.24, 2.45) is 0 Å². The predicted octanol–water partition coefficient (Wildman–Crippen LogP) is 1.58. The molecule has 1 N–H and O–H groups in total. The molecule has 0 unspecified atom stereocenters. The summed E-state index contributed by atoms with van der Waals surface area (Å²) in [6, 6.07) is 1.90. The summed E-state index contributed by atoms with van der Waals surface area (Å²) in [6.45, 7) is -0.357. The molecular formula is C14H13ClFNO6. The van der Waals surface area contributed by atoms with Gasteiger partial charge in [0, 0.05) is 6.07 Å². The largest absolute Gasteiger partial charge is 0.506 e. The Morgan fingerprint density at radius 2 is 1.96 bits per heavy atom. The molecule has 0 radical (unpaired) electrons. The van der Waals surface area contributed by atoms with Gasteiger partial charge in [-0.2, -0.15) is 0 Å². The molecule has 1 aromatic carbocycles. The summed E-state index contributed by atoms with van der Waals surface area (Å²) in [5, 5.41) is 9.66. The number of esters is 2. The number of halogens is 2. The molecule has 124 valence electrons. The highest BCUT2D eigenvalue weighted by Gasteiger charge is 2.33. The number of carbonyl (C=O) groups is 2. The van der Waals surface area contributed by atoms with Gasteiger partial charge in [0.2, 0.25) is 0 Å². The number of anilines is 1. The van der Waals surface area contributed by atoms with Gasteiger partial charge in [-0.3, -0.25) is 0 Å². The van der Waals surface area contributed by atoms with Gasteiger partial charge in [-0.1, -0.05) is 11.6 Å². The van der Waals surface area contributed by atoms with E-state index in [9.17, 15) is 19.1 Å². The first-order chi connectivity index (χ1) is 10.9. The van der Waals surface area contributed by atoms with E-state index in [-0.39, 0.29) is 35.3 Å². The zero-order valence-electron chi connectivity index (χ0n) is 12.3. The number of phenols is 1. The van der Waals surface area contributed by atoms with Crippen molar-refractivity contribution in [3.05, 3.63) is 34.2 Å². The highest BCUT2D eigenvalue weighted by atomic mass is 35.5. The minimum atomic E-state index is -0.839. The summed E-state index contributed by atoms with van der Waals surface area (Å²) in [6.07, 6.45) is 0. The van der Waals surface area contributed by atoms with Gasteiger partial charge in [-0.05, 0) is 6.07 Å². The lowest BCUT2D eigenvalue weighted by atomic mass is 10.1. The first kappa shape index (κ1) is 17.0. The van der Waals surface area contributed by atoms with E-state index < -0.39 is 23.5 Å². The standard InChI is InChI=1S/C14H13ClFNO6/c1-21-13(19)7-5-23-6-17(12(7)14(20)22-2)10-3-8(15)9(16)4-11(10)18/h3-4,18H,5-6H2,1-2H3. The SMILES string of the molecule is COC(=O)C1=C(C(=O)OC)N(c2cc(Cl)c(F)cc2O)COC1. The van der Waals surface area contributed by atoms with Crippen molar-refractivity contribution >= 4 is 29.2 Å². The number of hydrogen-bond acceptors (Lipinski definition) is 7. The van der Waals surface area contributed by atoms with E-state index in [0.29, 0.717) is 0 Å². The zero-order chi connectivity index (χ0) is 17.1. The van der Waals surface area contributed by atoms with E-state index in [1.807, 2.05) is 0 Å². The number of phenolic OH excluding ortho intramolecular Hbond substituents is 1. The van der Waals surface area contributed by atoms with E-state index >= 15 is 0 Å². The zero-order valence-corrected chi connectivity index (χ0v) is 13.0. The van der Waals surface area contributed by atoms with Crippen LogP contribution in [0.5, 0.6) is 5.75 Å². The maximum Gasteiger partial charge on any atom is 0.355 e. The van der Waals surface area contributed by atoms with Crippen LogP contribution >= 0.6 is 11.6 Å². The fourth-order valence-electron chi connectivity index (χ4n) is 2.08. The summed E-state index contributed by atoms with van der Waals surface area (Å²) >= 11 is 5.71. The Balaban J connectivity index is 2.62. The highest BCUT2D eigenvalue weighted by Crippen LogP contribution is 2.36. The average molecular weight is 346 g/mol. The van der Waals surface area contributed by atoms with Crippen molar-refractivity contribution in [1.82, 2.24) is 0 Å². The molecule has 0 aliphatic carbocycles. The molecule has 23 heavy (non-hydrogen) atoms. The Hall–Kier alpha value is -2.32. The van der Waals surface area contributed by atoms with E-state index in [2.05, 4.69) is 9.47 Å². The van der Waals surface area contributed by atoms with Gasteiger partial charge >= 0.3 is 11.9 Å². The lowest BCUT2D eigenvalue weighted by molar-refractivity contribution is -0.140. The quantitative estimate of drug-likeness (QED) is 0.832. The monoisotopic (exact) mass is 345 g/mol. The van der Waals surface area contributed by atoms with Crippen molar-refractivity contribution in [3.63, 3.8) is 0 Å². The van der Waals surface area contributed by atoms with Gasteiger partial charge in [0.15, 0.2) is 0 Å². The second-order valence-electron chi connectivity index (χ2n) is 4.47. The van der Waals surface area contributed by atoms with Crippen LogP contribution in [0, 0.1) is 5.82 Å². The van der Waals surface area contributed by atoms with Crippen LogP contribution in [0.25, 0.3) is 0 Å². The number of hydrogen-bond donors (Lipinski definition) is 1. The maximum atomic E-state index is 13.4. The molecule has 1 aliphatic heterocycles. The van der Waals surface area contributed by atoms with Crippen molar-refractivity contribution in [3.8, 4) is 5.75 Å². The first-order valence-corrected chi connectivity index (χ1v) is 6.71. The van der Waals surface area contributed by atoms with Crippen molar-refractivity contribution in [2.45, 2.75) is 0 Å². The minimum Gasteiger partial charge on any atom is -0.506 e. The van der Waals surface area contributed by atoms with Crippen LogP contribution in [0.2, 0.25) is 5.02 Å². The number of aromatic hydroxyl groups is 1. The van der Waals surface area contributed by atoms with Gasteiger partial charge in [0.1, 0.15) is 24.0 Å². The molecule has 0 atom stereocenters. The van der Waals surface area contributed by atoms with E-state index in [1.54, 1.807) is 0 Å². The fourth-order valence-corrected chi connectivity index (χ4v) is 2.23. The summed E-state index contributed by atoms with van der Waals surface area (Å²) in [4.78, 5) is 25.1. The smallest absolute Gasteiger partial charge is 0.355 e. The second-order valence-corrected chi connectivity index (χ2v) is 4.88. The summed E-state index contributed by atoms with van der Waals surface area (Å²) in [5.74, 6) is -2.94. The lowest BCUT2D eigenvalue weighted by Gasteiger charge is -2.31. The van der Waals surface area contributed by atoms with Crippen molar-refractivity contribution < 1.29 is 33.3 Å². The molecule has 1 aliphatic rings. The van der Waals surface area contributed by atoms with Gasteiger partial charge < -0.3 is 24.2 Å². The summed E-state index contributed by atoms with van der Waals surface area (Å²) in [5.41, 5.74) is -0.285. The summed E-state index contributed by atoms with van der Waals surface area (Å²) < 4.78 is 27.9. The number of carbonyl (C=O) groups excluding carboxylic acids is 2. The molecule has 1 aromatic rings. The molecule has 1 heterocycles. The van der Waals surface area contributed by atoms with Crippen LogP contribution in [-0.4, -0.2) is 44.6 Å². The number of nitrogens with zero attached hydrogens (tertiary/aromatic N) is 1. The van der Waals surface area contributed by atoms with Crippen LogP contribution < -0.4 is 4.90 Å². The molecule has 0 aromatic heterocycles. The fraction of sp³-hybridized carbons (Fsp3) is 0.286. The predicted molar refractivity (Wildman–Crippen MR) is 77.4 cm³/mol. The van der Waals surface area contributed by atoms with Crippen LogP contribution in [0.1, 0.15) is 0 Å². The third kappa shape index (κ3) is 3.22. The van der Waals surface area contributed by atoms with Crippen LogP contribution in [-0.2, 0) is 23.8 Å². The van der Waals surface area contributed by atoms with Gasteiger partial charge in [0.25, 0.3) is 0 Å². The van der Waals surface area contributed by atoms with E-state index in [0.717, 1.165) is 31.3 Å². The number of benzene rings is 1. The molecule has 0 saturated carbocycles. The van der Waals surface area contributed by atoms with Gasteiger partial charge in [0.05, 0.1) is 37.1 Å². The molecule has 2 rings (SSSR count). The third-order valence-electron chi connectivity index (χ3n) is 3.14. The first-order valence-electron chi connectivity index (χ1n) is 6.33. The lowest BCUT2D eigenvalue weighted by Crippen LogP contribution is -2.38.